The second-order valence-electron chi connectivity index (χ2n) is 5.88. The molecule has 2 rings (SSSR count). The molecule has 0 aliphatic carbocycles. The van der Waals surface area contributed by atoms with E-state index in [0.717, 1.165) is 0 Å². The van der Waals surface area contributed by atoms with Gasteiger partial charge in [-0.3, -0.25) is 9.59 Å². The van der Waals surface area contributed by atoms with Crippen LogP contribution in [0.15, 0.2) is 47.6 Å². The number of nitrogens with zero attached hydrogens (tertiary/aromatic N) is 1. The van der Waals surface area contributed by atoms with Crippen LogP contribution in [0.3, 0.4) is 0 Å². The van der Waals surface area contributed by atoms with E-state index in [-0.39, 0.29) is 24.7 Å². The molecule has 0 aliphatic rings. The van der Waals surface area contributed by atoms with Gasteiger partial charge in [-0.25, -0.2) is 5.43 Å². The number of amides is 2. The molecule has 0 atom stereocenters. The highest BCUT2D eigenvalue weighted by molar-refractivity contribution is 5.93. The molecule has 2 aromatic carbocycles. The maximum atomic E-state index is 12.0. The zero-order valence-corrected chi connectivity index (χ0v) is 16.7. The fourth-order valence-corrected chi connectivity index (χ4v) is 2.45. The number of rotatable bonds is 10. The van der Waals surface area contributed by atoms with Gasteiger partial charge in [0.05, 0.1) is 27.0 Å². The largest absolute Gasteiger partial charge is 0.497 e. The van der Waals surface area contributed by atoms with Crippen molar-refractivity contribution >= 4 is 23.7 Å². The molecule has 0 saturated heterocycles. The third-order valence-corrected chi connectivity index (χ3v) is 3.86. The van der Waals surface area contributed by atoms with Gasteiger partial charge in [0.2, 0.25) is 11.8 Å². The summed E-state index contributed by atoms with van der Waals surface area (Å²) in [5.74, 6) is 1.20. The predicted octanol–water partition coefficient (Wildman–Crippen LogP) is 2.97. The van der Waals surface area contributed by atoms with Gasteiger partial charge in [0.15, 0.2) is 11.5 Å². The standard InChI is InChI=1S/C21H25N3O5/c1-4-29-21-15(6-5-7-18(21)28-3)14-22-24-20(26)13-12-19(25)23-16-8-10-17(27-2)11-9-16/h5-11,14H,4,12-13H2,1-3H3,(H,23,25)(H,24,26). The molecule has 154 valence electrons. The molecule has 8 heteroatoms. The average Bonchev–Trinajstić information content (AvgIpc) is 2.74. The fourth-order valence-electron chi connectivity index (χ4n) is 2.45. The summed E-state index contributed by atoms with van der Waals surface area (Å²) < 4.78 is 15.9. The van der Waals surface area contributed by atoms with Crippen LogP contribution in [0.1, 0.15) is 25.3 Å². The minimum Gasteiger partial charge on any atom is -0.497 e. The van der Waals surface area contributed by atoms with E-state index < -0.39 is 0 Å². The van der Waals surface area contributed by atoms with E-state index in [0.29, 0.717) is 35.1 Å². The van der Waals surface area contributed by atoms with Crippen molar-refractivity contribution in [1.29, 1.82) is 0 Å². The summed E-state index contributed by atoms with van der Waals surface area (Å²) in [7, 11) is 3.12. The molecule has 8 nitrogen and oxygen atoms in total. The first-order valence-electron chi connectivity index (χ1n) is 9.13. The molecule has 0 aromatic heterocycles. The average molecular weight is 399 g/mol. The fraction of sp³-hybridized carbons (Fsp3) is 0.286. The molecule has 0 unspecified atom stereocenters. The van der Waals surface area contributed by atoms with Gasteiger partial charge in [0, 0.05) is 24.1 Å². The Bertz CT molecular complexity index is 850. The summed E-state index contributed by atoms with van der Waals surface area (Å²) in [6.07, 6.45) is 1.52. The van der Waals surface area contributed by atoms with Crippen molar-refractivity contribution in [2.45, 2.75) is 19.8 Å². The lowest BCUT2D eigenvalue weighted by Crippen LogP contribution is -2.20. The third-order valence-electron chi connectivity index (χ3n) is 3.86. The number of ether oxygens (including phenoxy) is 3. The quantitative estimate of drug-likeness (QED) is 0.473. The molecule has 0 saturated carbocycles. The molecule has 0 radical (unpaired) electrons. The Kier molecular flexibility index (Phi) is 8.50. The lowest BCUT2D eigenvalue weighted by atomic mass is 10.2. The monoisotopic (exact) mass is 399 g/mol. The van der Waals surface area contributed by atoms with Gasteiger partial charge in [-0.15, -0.1) is 0 Å². The van der Waals surface area contributed by atoms with Gasteiger partial charge in [-0.05, 0) is 43.3 Å². The highest BCUT2D eigenvalue weighted by Gasteiger charge is 2.09. The van der Waals surface area contributed by atoms with E-state index in [9.17, 15) is 9.59 Å². The Morgan fingerprint density at radius 1 is 1.00 bits per heavy atom. The van der Waals surface area contributed by atoms with Crippen molar-refractivity contribution in [1.82, 2.24) is 5.43 Å². The summed E-state index contributed by atoms with van der Waals surface area (Å²) in [6, 6.07) is 12.3. The van der Waals surface area contributed by atoms with Gasteiger partial charge in [0.25, 0.3) is 0 Å². The van der Waals surface area contributed by atoms with Crippen LogP contribution in [-0.2, 0) is 9.59 Å². The topological polar surface area (TPSA) is 98.2 Å². The van der Waals surface area contributed by atoms with Gasteiger partial charge >= 0.3 is 0 Å². The van der Waals surface area contributed by atoms with E-state index in [1.165, 1.54) is 6.21 Å². The SMILES string of the molecule is CCOc1c(C=NNC(=O)CCC(=O)Nc2ccc(OC)cc2)cccc1OC. The first kappa shape index (κ1) is 21.7. The molecule has 29 heavy (non-hydrogen) atoms. The van der Waals surface area contributed by atoms with Crippen molar-refractivity contribution in [3.63, 3.8) is 0 Å². The van der Waals surface area contributed by atoms with Gasteiger partial charge in [0.1, 0.15) is 5.75 Å². The Labute approximate surface area is 169 Å². The van der Waals surface area contributed by atoms with Crippen molar-refractivity contribution in [2.75, 3.05) is 26.1 Å². The summed E-state index contributed by atoms with van der Waals surface area (Å²) in [4.78, 5) is 23.9. The Morgan fingerprint density at radius 2 is 1.72 bits per heavy atom. The second kappa shape index (κ2) is 11.3. The number of nitrogens with one attached hydrogen (secondary N) is 2. The molecule has 0 spiro atoms. The predicted molar refractivity (Wildman–Crippen MR) is 111 cm³/mol. The van der Waals surface area contributed by atoms with Crippen molar-refractivity contribution in [3.05, 3.63) is 48.0 Å². The summed E-state index contributed by atoms with van der Waals surface area (Å²) in [5, 5.41) is 6.66. The molecular formula is C21H25N3O5. The highest BCUT2D eigenvalue weighted by Crippen LogP contribution is 2.29. The van der Waals surface area contributed by atoms with E-state index in [1.54, 1.807) is 56.7 Å². The van der Waals surface area contributed by atoms with Crippen molar-refractivity contribution in [3.8, 4) is 17.2 Å². The maximum absolute atomic E-state index is 12.0. The van der Waals surface area contributed by atoms with Gasteiger partial charge in [-0.1, -0.05) is 6.07 Å². The zero-order valence-electron chi connectivity index (χ0n) is 16.7. The number of benzene rings is 2. The van der Waals surface area contributed by atoms with Crippen LogP contribution in [0.5, 0.6) is 17.2 Å². The van der Waals surface area contributed by atoms with Crippen LogP contribution in [0.25, 0.3) is 0 Å². The molecular weight excluding hydrogens is 374 g/mol. The van der Waals surface area contributed by atoms with Crippen LogP contribution in [-0.4, -0.2) is 38.9 Å². The zero-order chi connectivity index (χ0) is 21.1. The highest BCUT2D eigenvalue weighted by atomic mass is 16.5. The molecule has 0 aliphatic heterocycles. The number of hydrazone groups is 1. The van der Waals surface area contributed by atoms with Gasteiger partial charge in [-0.2, -0.15) is 5.10 Å². The van der Waals surface area contributed by atoms with Gasteiger partial charge < -0.3 is 19.5 Å². The molecule has 2 N–H and O–H groups in total. The number of hydrogen-bond acceptors (Lipinski definition) is 6. The maximum Gasteiger partial charge on any atom is 0.240 e. The van der Waals surface area contributed by atoms with Crippen LogP contribution < -0.4 is 25.0 Å². The lowest BCUT2D eigenvalue weighted by Gasteiger charge is -2.11. The number of methoxy groups -OCH3 is 2. The molecule has 0 bridgehead atoms. The first-order valence-corrected chi connectivity index (χ1v) is 9.13. The number of para-hydroxylation sites is 1. The summed E-state index contributed by atoms with van der Waals surface area (Å²) >= 11 is 0. The normalized spacial score (nSPS) is 10.4. The molecule has 2 amide bonds. The molecule has 2 aromatic rings. The number of anilines is 1. The van der Waals surface area contributed by atoms with Crippen molar-refractivity contribution < 1.29 is 23.8 Å². The van der Waals surface area contributed by atoms with Crippen LogP contribution in [0.2, 0.25) is 0 Å². The summed E-state index contributed by atoms with van der Waals surface area (Å²) in [6.45, 7) is 2.34. The number of hydrogen-bond donors (Lipinski definition) is 2. The summed E-state index contributed by atoms with van der Waals surface area (Å²) in [5.41, 5.74) is 3.71. The van der Waals surface area contributed by atoms with Crippen LogP contribution in [0.4, 0.5) is 5.69 Å². The Balaban J connectivity index is 1.82. The Morgan fingerprint density at radius 3 is 2.38 bits per heavy atom. The van der Waals surface area contributed by atoms with E-state index in [2.05, 4.69) is 15.8 Å². The van der Waals surface area contributed by atoms with Crippen LogP contribution >= 0.6 is 0 Å². The van der Waals surface area contributed by atoms with E-state index in [4.69, 9.17) is 14.2 Å². The molecule has 0 fully saturated rings. The smallest absolute Gasteiger partial charge is 0.240 e. The third kappa shape index (κ3) is 6.84. The lowest BCUT2D eigenvalue weighted by molar-refractivity contribution is -0.124. The van der Waals surface area contributed by atoms with Crippen molar-refractivity contribution in [2.24, 2.45) is 5.10 Å². The minimum atomic E-state index is -0.369. The first-order chi connectivity index (χ1) is 14.1. The van der Waals surface area contributed by atoms with Crippen LogP contribution in [0, 0.1) is 0 Å². The minimum absolute atomic E-state index is 0.00968. The Hall–Kier alpha value is -3.55. The van der Waals surface area contributed by atoms with E-state index in [1.807, 2.05) is 6.92 Å². The molecule has 0 heterocycles. The number of carbonyl (C=O) groups excluding carboxylic acids is 2. The number of carbonyl (C=O) groups is 2. The second-order valence-corrected chi connectivity index (χ2v) is 5.88. The van der Waals surface area contributed by atoms with E-state index >= 15 is 0 Å².